The predicted octanol–water partition coefficient (Wildman–Crippen LogP) is 2.54. The lowest BCUT2D eigenvalue weighted by Gasteiger charge is -2.35. The molecule has 1 aromatic rings. The van der Waals surface area contributed by atoms with Crippen molar-refractivity contribution >= 4 is 5.57 Å². The van der Waals surface area contributed by atoms with Crippen molar-refractivity contribution in [1.82, 2.24) is 0 Å². The third kappa shape index (κ3) is 2.06. The molecule has 1 aliphatic rings. The van der Waals surface area contributed by atoms with Gasteiger partial charge >= 0.3 is 0 Å². The molecule has 0 bridgehead atoms. The van der Waals surface area contributed by atoms with Crippen LogP contribution in [0, 0.1) is 11.5 Å². The summed E-state index contributed by atoms with van der Waals surface area (Å²) in [7, 11) is 0. The molecule has 1 aliphatic carbocycles. The third-order valence-electron chi connectivity index (χ3n) is 3.39. The molecule has 0 unspecified atom stereocenters. The van der Waals surface area contributed by atoms with Crippen molar-refractivity contribution in [3.8, 4) is 0 Å². The lowest BCUT2D eigenvalue weighted by atomic mass is 9.74. The standard InChI is InChI=1S/C15H17O2/c1-11-13(12-7-5-4-6-8-12)15(16,17)10-9-14(11,2)3/h4-9,16-17H,1-3H3. The van der Waals surface area contributed by atoms with Gasteiger partial charge in [-0.25, -0.2) is 0 Å². The van der Waals surface area contributed by atoms with Crippen LogP contribution in [0.4, 0.5) is 0 Å². The second-order valence-electron chi connectivity index (χ2n) is 5.05. The highest BCUT2D eigenvalue weighted by atomic mass is 16.5. The second kappa shape index (κ2) is 3.83. The molecule has 0 saturated heterocycles. The van der Waals surface area contributed by atoms with Gasteiger partial charge in [0.15, 0.2) is 0 Å². The van der Waals surface area contributed by atoms with E-state index in [1.54, 1.807) is 6.08 Å². The van der Waals surface area contributed by atoms with Crippen LogP contribution in [0.3, 0.4) is 0 Å². The molecule has 1 radical (unpaired) electrons. The van der Waals surface area contributed by atoms with E-state index in [0.29, 0.717) is 5.57 Å². The van der Waals surface area contributed by atoms with Crippen molar-refractivity contribution in [2.24, 2.45) is 5.41 Å². The average molecular weight is 229 g/mol. The van der Waals surface area contributed by atoms with Crippen molar-refractivity contribution in [2.45, 2.75) is 26.6 Å². The Balaban J connectivity index is 2.63. The number of rotatable bonds is 1. The van der Waals surface area contributed by atoms with Gasteiger partial charge in [-0.3, -0.25) is 0 Å². The molecule has 0 aliphatic heterocycles. The van der Waals surface area contributed by atoms with E-state index < -0.39 is 5.79 Å². The van der Waals surface area contributed by atoms with Crippen LogP contribution >= 0.6 is 0 Å². The fourth-order valence-corrected chi connectivity index (χ4v) is 2.07. The summed E-state index contributed by atoms with van der Waals surface area (Å²) in [6, 6.07) is 9.43. The van der Waals surface area contributed by atoms with Crippen molar-refractivity contribution in [3.63, 3.8) is 0 Å². The Hall–Kier alpha value is -1.38. The molecule has 17 heavy (non-hydrogen) atoms. The molecule has 0 heterocycles. The molecule has 2 rings (SSSR count). The SMILES string of the molecule is CC1=C(c2ccccc2)C(O)(O)[C]=CC1(C)C. The van der Waals surface area contributed by atoms with E-state index >= 15 is 0 Å². The van der Waals surface area contributed by atoms with Gasteiger partial charge in [0.1, 0.15) is 0 Å². The topological polar surface area (TPSA) is 40.5 Å². The molecule has 0 amide bonds. The lowest BCUT2D eigenvalue weighted by Crippen LogP contribution is -2.34. The quantitative estimate of drug-likeness (QED) is 0.726. The predicted molar refractivity (Wildman–Crippen MR) is 67.8 cm³/mol. The number of allylic oxidation sites excluding steroid dienone is 2. The first-order chi connectivity index (χ1) is 7.84. The van der Waals surface area contributed by atoms with Crippen LogP contribution in [-0.2, 0) is 0 Å². The Morgan fingerprint density at radius 3 is 2.24 bits per heavy atom. The van der Waals surface area contributed by atoms with E-state index in [0.717, 1.165) is 11.1 Å². The normalized spacial score (nSPS) is 21.7. The molecule has 0 spiro atoms. The average Bonchev–Trinajstić information content (AvgIpc) is 2.27. The van der Waals surface area contributed by atoms with E-state index in [4.69, 9.17) is 0 Å². The van der Waals surface area contributed by atoms with Gasteiger partial charge in [0.05, 0.1) is 0 Å². The molecule has 2 nitrogen and oxygen atoms in total. The smallest absolute Gasteiger partial charge is 0.218 e. The van der Waals surface area contributed by atoms with E-state index in [-0.39, 0.29) is 5.41 Å². The lowest BCUT2D eigenvalue weighted by molar-refractivity contribution is -0.0743. The van der Waals surface area contributed by atoms with Gasteiger partial charge in [0, 0.05) is 17.1 Å². The Morgan fingerprint density at radius 2 is 1.65 bits per heavy atom. The molecule has 0 atom stereocenters. The van der Waals surface area contributed by atoms with Crippen LogP contribution in [0.1, 0.15) is 26.3 Å². The summed E-state index contributed by atoms with van der Waals surface area (Å²) in [6.07, 6.45) is 4.37. The summed E-state index contributed by atoms with van der Waals surface area (Å²) in [5.41, 5.74) is 2.10. The Morgan fingerprint density at radius 1 is 1.06 bits per heavy atom. The van der Waals surface area contributed by atoms with Crippen molar-refractivity contribution in [2.75, 3.05) is 0 Å². The van der Waals surface area contributed by atoms with Crippen LogP contribution in [0.5, 0.6) is 0 Å². The van der Waals surface area contributed by atoms with Gasteiger partial charge in [-0.15, -0.1) is 0 Å². The molecule has 0 saturated carbocycles. The highest BCUT2D eigenvalue weighted by molar-refractivity contribution is 5.76. The molecule has 0 aromatic heterocycles. The fraction of sp³-hybridized carbons (Fsp3) is 0.333. The number of aliphatic hydroxyl groups is 2. The maximum Gasteiger partial charge on any atom is 0.218 e. The maximum absolute atomic E-state index is 10.0. The highest BCUT2D eigenvalue weighted by Crippen LogP contribution is 2.42. The monoisotopic (exact) mass is 229 g/mol. The first kappa shape index (κ1) is 12.1. The molecule has 0 fully saturated rings. The molecule has 2 heteroatoms. The van der Waals surface area contributed by atoms with Gasteiger partial charge in [-0.1, -0.05) is 55.8 Å². The minimum Gasteiger partial charge on any atom is -0.358 e. The zero-order chi connectivity index (χ0) is 12.7. The van der Waals surface area contributed by atoms with Crippen LogP contribution in [0.15, 0.2) is 42.0 Å². The first-order valence-electron chi connectivity index (χ1n) is 5.69. The summed E-state index contributed by atoms with van der Waals surface area (Å²) >= 11 is 0. The zero-order valence-electron chi connectivity index (χ0n) is 10.4. The minimum absolute atomic E-state index is 0.208. The molecule has 89 valence electrons. The van der Waals surface area contributed by atoms with Crippen LogP contribution in [-0.4, -0.2) is 16.0 Å². The molecule has 1 aromatic carbocycles. The second-order valence-corrected chi connectivity index (χ2v) is 5.05. The van der Waals surface area contributed by atoms with E-state index in [1.807, 2.05) is 51.1 Å². The summed E-state index contributed by atoms with van der Waals surface area (Å²) in [6.45, 7) is 6.00. The zero-order valence-corrected chi connectivity index (χ0v) is 10.4. The van der Waals surface area contributed by atoms with Gasteiger partial charge < -0.3 is 10.2 Å². The van der Waals surface area contributed by atoms with E-state index in [1.165, 1.54) is 0 Å². The van der Waals surface area contributed by atoms with Crippen molar-refractivity contribution in [3.05, 3.63) is 53.6 Å². The summed E-state index contributed by atoms with van der Waals surface area (Å²) in [5, 5.41) is 20.1. The van der Waals surface area contributed by atoms with E-state index in [9.17, 15) is 10.2 Å². The fourth-order valence-electron chi connectivity index (χ4n) is 2.07. The van der Waals surface area contributed by atoms with Crippen LogP contribution in [0.25, 0.3) is 5.57 Å². The summed E-state index contributed by atoms with van der Waals surface area (Å²) < 4.78 is 0. The first-order valence-corrected chi connectivity index (χ1v) is 5.69. The van der Waals surface area contributed by atoms with Crippen LogP contribution < -0.4 is 0 Å². The van der Waals surface area contributed by atoms with Gasteiger partial charge in [-0.2, -0.15) is 0 Å². The Bertz CT molecular complexity index is 479. The Labute approximate surface area is 102 Å². The number of benzene rings is 1. The van der Waals surface area contributed by atoms with Crippen molar-refractivity contribution in [1.29, 1.82) is 0 Å². The van der Waals surface area contributed by atoms with Gasteiger partial charge in [-0.05, 0) is 12.5 Å². The Kier molecular flexibility index (Phi) is 2.72. The van der Waals surface area contributed by atoms with Gasteiger partial charge in [0.2, 0.25) is 5.79 Å². The third-order valence-corrected chi connectivity index (χ3v) is 3.39. The van der Waals surface area contributed by atoms with Crippen LogP contribution in [0.2, 0.25) is 0 Å². The van der Waals surface area contributed by atoms with Crippen molar-refractivity contribution < 1.29 is 10.2 Å². The summed E-state index contributed by atoms with van der Waals surface area (Å²) in [4.78, 5) is 0. The largest absolute Gasteiger partial charge is 0.358 e. The summed E-state index contributed by atoms with van der Waals surface area (Å²) in [5.74, 6) is -2.00. The molecular formula is C15H17O2. The molecular weight excluding hydrogens is 212 g/mol. The van der Waals surface area contributed by atoms with E-state index in [2.05, 4.69) is 6.08 Å². The molecule has 2 N–H and O–H groups in total. The number of hydrogen-bond donors (Lipinski definition) is 2. The van der Waals surface area contributed by atoms with Gasteiger partial charge in [0.25, 0.3) is 0 Å². The highest BCUT2D eigenvalue weighted by Gasteiger charge is 2.37. The minimum atomic E-state index is -2.00. The number of hydrogen-bond acceptors (Lipinski definition) is 2. The maximum atomic E-state index is 10.0.